The Kier molecular flexibility index (Phi) is 3.95. The average molecular weight is 304 g/mol. The molecule has 1 heterocycles. The van der Waals surface area contributed by atoms with E-state index in [1.807, 2.05) is 0 Å². The monoisotopic (exact) mass is 304 g/mol. The van der Waals surface area contributed by atoms with E-state index in [-0.39, 0.29) is 11.7 Å². The fourth-order valence-electron chi connectivity index (χ4n) is 2.70. The van der Waals surface area contributed by atoms with Crippen LogP contribution in [0, 0.1) is 0 Å². The Morgan fingerprint density at radius 1 is 1.32 bits per heavy atom. The highest BCUT2D eigenvalue weighted by Gasteiger charge is 2.32. The van der Waals surface area contributed by atoms with Gasteiger partial charge in [-0.1, -0.05) is 12.8 Å². The lowest BCUT2D eigenvalue weighted by molar-refractivity contribution is -0.672. The third-order valence-electron chi connectivity index (χ3n) is 3.88. The minimum atomic E-state index is -0.689. The largest absolute Gasteiger partial charge is 0.497 e. The van der Waals surface area contributed by atoms with Crippen molar-refractivity contribution in [1.29, 1.82) is 0 Å². The highest BCUT2D eigenvalue weighted by molar-refractivity contribution is 5.90. The Hall–Kier alpha value is -2.57. The second kappa shape index (κ2) is 6.05. The van der Waals surface area contributed by atoms with E-state index in [1.54, 1.807) is 31.4 Å². The highest BCUT2D eigenvalue weighted by Crippen LogP contribution is 2.17. The maximum atomic E-state index is 12.4. The molecule has 1 amide bonds. The molecule has 0 atom stereocenters. The molecule has 0 aliphatic heterocycles. The van der Waals surface area contributed by atoms with Crippen molar-refractivity contribution in [1.82, 2.24) is 10.6 Å². The Labute approximate surface area is 126 Å². The van der Waals surface area contributed by atoms with Crippen LogP contribution in [0.1, 0.15) is 36.2 Å². The molecule has 116 valence electrons. The summed E-state index contributed by atoms with van der Waals surface area (Å²) in [6.07, 6.45) is 4.10. The van der Waals surface area contributed by atoms with Crippen molar-refractivity contribution in [3.05, 3.63) is 40.4 Å². The summed E-state index contributed by atoms with van der Waals surface area (Å²) in [5.74, 6) is 0.268. The molecule has 7 heteroatoms. The van der Waals surface area contributed by atoms with E-state index >= 15 is 0 Å². The fraction of sp³-hybridized carbons (Fsp3) is 0.400. The number of aromatic nitrogens is 2. The fourth-order valence-corrected chi connectivity index (χ4v) is 2.70. The Balaban J connectivity index is 1.89. The highest BCUT2D eigenvalue weighted by atomic mass is 16.5. The van der Waals surface area contributed by atoms with Gasteiger partial charge in [0, 0.05) is 18.2 Å². The third-order valence-corrected chi connectivity index (χ3v) is 3.88. The summed E-state index contributed by atoms with van der Waals surface area (Å²) in [7, 11) is 1.57. The Morgan fingerprint density at radius 2 is 2.00 bits per heavy atom. The lowest BCUT2D eigenvalue weighted by Crippen LogP contribution is -2.46. The first-order valence-electron chi connectivity index (χ1n) is 7.28. The summed E-state index contributed by atoms with van der Waals surface area (Å²) in [5, 5.41) is 5.35. The first kappa shape index (κ1) is 14.4. The van der Waals surface area contributed by atoms with Gasteiger partial charge in [-0.2, -0.15) is 0 Å². The summed E-state index contributed by atoms with van der Waals surface area (Å²) in [4.78, 5) is 24.2. The van der Waals surface area contributed by atoms with Gasteiger partial charge >= 0.3 is 17.2 Å². The van der Waals surface area contributed by atoms with Gasteiger partial charge in [-0.25, -0.2) is 4.79 Å². The topological polar surface area (TPSA) is 88.2 Å². The molecule has 1 saturated carbocycles. The van der Waals surface area contributed by atoms with Gasteiger partial charge in [-0.3, -0.25) is 9.32 Å². The van der Waals surface area contributed by atoms with Crippen LogP contribution >= 0.6 is 0 Å². The Bertz CT molecular complexity index is 711. The summed E-state index contributed by atoms with van der Waals surface area (Å²) in [5.41, 5.74) is -0.133. The van der Waals surface area contributed by atoms with Crippen molar-refractivity contribution in [2.75, 3.05) is 7.11 Å². The molecule has 0 spiro atoms. The lowest BCUT2D eigenvalue weighted by Gasteiger charge is -2.08. The van der Waals surface area contributed by atoms with Crippen molar-refractivity contribution in [3.63, 3.8) is 0 Å². The first-order chi connectivity index (χ1) is 10.7. The number of amides is 1. The van der Waals surface area contributed by atoms with Gasteiger partial charge < -0.3 is 10.1 Å². The van der Waals surface area contributed by atoms with E-state index in [9.17, 15) is 9.59 Å². The van der Waals surface area contributed by atoms with Crippen LogP contribution in [0.3, 0.4) is 0 Å². The number of nitrogens with one attached hydrogen (secondary N) is 2. The van der Waals surface area contributed by atoms with Gasteiger partial charge in [0.25, 0.3) is 0 Å². The first-order valence-corrected chi connectivity index (χ1v) is 7.28. The molecule has 1 aromatic heterocycles. The quantitative estimate of drug-likeness (QED) is 0.822. The molecule has 1 aliphatic carbocycles. The van der Waals surface area contributed by atoms with Gasteiger partial charge in [0.05, 0.1) is 7.11 Å². The molecule has 22 heavy (non-hydrogen) atoms. The van der Waals surface area contributed by atoms with Crippen LogP contribution in [0.2, 0.25) is 0 Å². The molecule has 1 fully saturated rings. The van der Waals surface area contributed by atoms with Crippen molar-refractivity contribution in [3.8, 4) is 11.4 Å². The summed E-state index contributed by atoms with van der Waals surface area (Å²) < 4.78 is 11.2. The van der Waals surface area contributed by atoms with Gasteiger partial charge in [0.2, 0.25) is 5.69 Å². The van der Waals surface area contributed by atoms with Crippen LogP contribution in [-0.2, 0) is 0 Å². The number of benzene rings is 1. The Morgan fingerprint density at radius 3 is 2.64 bits per heavy atom. The number of methoxy groups -OCH3 is 1. The zero-order valence-corrected chi connectivity index (χ0v) is 12.3. The van der Waals surface area contributed by atoms with E-state index in [4.69, 9.17) is 9.26 Å². The van der Waals surface area contributed by atoms with Crippen molar-refractivity contribution in [2.45, 2.75) is 31.7 Å². The normalized spacial score (nSPS) is 15.0. The number of hydrogen-bond donors (Lipinski definition) is 2. The van der Waals surface area contributed by atoms with E-state index in [1.165, 1.54) is 4.68 Å². The van der Waals surface area contributed by atoms with Crippen LogP contribution < -0.4 is 20.4 Å². The van der Waals surface area contributed by atoms with Gasteiger partial charge in [-0.05, 0) is 34.9 Å². The summed E-state index contributed by atoms with van der Waals surface area (Å²) in [6.45, 7) is 0. The van der Waals surface area contributed by atoms with Crippen molar-refractivity contribution >= 4 is 5.91 Å². The molecule has 7 nitrogen and oxygen atoms in total. The number of carbonyl (C=O) groups is 1. The van der Waals surface area contributed by atoms with Crippen molar-refractivity contribution < 1.29 is 18.7 Å². The molecular formula is C15H18N3O4+. The third kappa shape index (κ3) is 2.74. The predicted molar refractivity (Wildman–Crippen MR) is 77.1 cm³/mol. The van der Waals surface area contributed by atoms with Crippen LogP contribution in [0.25, 0.3) is 5.69 Å². The number of H-pyrrole nitrogens is 1. The lowest BCUT2D eigenvalue weighted by atomic mass is 10.2. The number of hydrogen-bond acceptors (Lipinski definition) is 4. The number of carbonyl (C=O) groups excluding carboxylic acids is 1. The standard InChI is InChI=1S/C15H17N3O4/c1-21-12-8-6-11(7-9-12)18-13(15(20)22-17-18)14(19)16-10-4-2-3-5-10/h6-10H,2-5H2,1H3,(H-,16,17,19,20)/p+1. The second-order valence-electron chi connectivity index (χ2n) is 5.32. The number of rotatable bonds is 4. The van der Waals surface area contributed by atoms with E-state index in [2.05, 4.69) is 10.6 Å². The summed E-state index contributed by atoms with van der Waals surface area (Å²) in [6, 6.07) is 7.08. The minimum Gasteiger partial charge on any atom is -0.497 e. The van der Waals surface area contributed by atoms with Crippen LogP contribution in [0.4, 0.5) is 0 Å². The van der Waals surface area contributed by atoms with Crippen LogP contribution in [-0.4, -0.2) is 24.3 Å². The maximum absolute atomic E-state index is 12.4. The molecule has 0 saturated heterocycles. The van der Waals surface area contributed by atoms with E-state index in [0.29, 0.717) is 11.4 Å². The number of aromatic amines is 1. The number of ether oxygens (including phenoxy) is 1. The maximum Gasteiger partial charge on any atom is 0.441 e. The zero-order valence-electron chi connectivity index (χ0n) is 12.3. The molecule has 0 bridgehead atoms. The molecule has 0 radical (unpaired) electrons. The molecule has 1 aromatic carbocycles. The zero-order chi connectivity index (χ0) is 15.5. The van der Waals surface area contributed by atoms with Gasteiger partial charge in [0.1, 0.15) is 5.75 Å². The van der Waals surface area contributed by atoms with Gasteiger partial charge in [-0.15, -0.1) is 0 Å². The van der Waals surface area contributed by atoms with Gasteiger partial charge in [0.15, 0.2) is 0 Å². The predicted octanol–water partition coefficient (Wildman–Crippen LogP) is 0.926. The van der Waals surface area contributed by atoms with Crippen molar-refractivity contribution in [2.24, 2.45) is 0 Å². The smallest absolute Gasteiger partial charge is 0.441 e. The number of nitrogens with zero attached hydrogens (tertiary/aromatic N) is 1. The molecule has 1 aliphatic rings. The van der Waals surface area contributed by atoms with Crippen LogP contribution in [0.15, 0.2) is 33.6 Å². The average Bonchev–Trinajstić information content (AvgIpc) is 3.17. The second-order valence-corrected chi connectivity index (χ2v) is 5.32. The molecule has 0 unspecified atom stereocenters. The molecular weight excluding hydrogens is 286 g/mol. The molecule has 3 rings (SSSR count). The van der Waals surface area contributed by atoms with E-state index < -0.39 is 11.5 Å². The SMILES string of the molecule is COc1ccc(-[n+]2[nH]oc(=O)c2C(=O)NC2CCCC2)cc1. The van der Waals surface area contributed by atoms with E-state index in [0.717, 1.165) is 25.7 Å². The molecule has 2 aromatic rings. The molecule has 2 N–H and O–H groups in total. The van der Waals surface area contributed by atoms with Crippen LogP contribution in [0.5, 0.6) is 5.75 Å². The summed E-state index contributed by atoms with van der Waals surface area (Å²) >= 11 is 0. The minimum absolute atomic E-state index is 0.0583.